The normalized spacial score (nSPS) is 19.8. The van der Waals surface area contributed by atoms with Gasteiger partial charge in [-0.15, -0.1) is 12.4 Å². The van der Waals surface area contributed by atoms with Crippen molar-refractivity contribution in [1.82, 2.24) is 5.32 Å². The van der Waals surface area contributed by atoms with Gasteiger partial charge >= 0.3 is 0 Å². The lowest BCUT2D eigenvalue weighted by atomic mass is 10.0. The highest BCUT2D eigenvalue weighted by Crippen LogP contribution is 2.36. The zero-order valence-electron chi connectivity index (χ0n) is 13.4. The van der Waals surface area contributed by atoms with Crippen molar-refractivity contribution in [3.8, 4) is 11.5 Å². The van der Waals surface area contributed by atoms with Gasteiger partial charge in [0.1, 0.15) is 0 Å². The Morgan fingerprint density at radius 2 is 2.17 bits per heavy atom. The molecule has 5 nitrogen and oxygen atoms in total. The summed E-state index contributed by atoms with van der Waals surface area (Å²) in [5.74, 6) is 1.43. The zero-order chi connectivity index (χ0) is 16.1. The number of carbonyl (C=O) groups excluding carboxylic acids is 1. The third-order valence-electron chi connectivity index (χ3n) is 4.06. The third-order valence-corrected chi connectivity index (χ3v) is 4.65. The lowest BCUT2D eigenvalue weighted by molar-refractivity contribution is 0.0928. The molecule has 1 aromatic rings. The van der Waals surface area contributed by atoms with Crippen LogP contribution in [0.1, 0.15) is 36.5 Å². The minimum atomic E-state index is -0.104. The Balaban J connectivity index is 0.00000264. The summed E-state index contributed by atoms with van der Waals surface area (Å²) < 4.78 is 11.6. The van der Waals surface area contributed by atoms with E-state index in [9.17, 15) is 4.79 Å². The first-order valence-corrected chi connectivity index (χ1v) is 8.41. The van der Waals surface area contributed by atoms with E-state index >= 15 is 0 Å². The molecular formula is C16H24BrClN2O3. The van der Waals surface area contributed by atoms with Crippen molar-refractivity contribution < 1.29 is 14.3 Å². The molecule has 130 valence electrons. The molecule has 0 saturated heterocycles. The number of benzene rings is 1. The Hall–Kier alpha value is -0.980. The topological polar surface area (TPSA) is 73.6 Å². The minimum absolute atomic E-state index is 0. The molecule has 7 heteroatoms. The molecule has 3 N–H and O–H groups in total. The summed E-state index contributed by atoms with van der Waals surface area (Å²) in [5.41, 5.74) is 6.32. The third kappa shape index (κ3) is 4.75. The average molecular weight is 408 g/mol. The number of methoxy groups -OCH3 is 1. The molecule has 0 aromatic heterocycles. The number of hydrogen-bond acceptors (Lipinski definition) is 4. The van der Waals surface area contributed by atoms with Crippen LogP contribution in [0, 0.1) is 5.92 Å². The highest BCUT2D eigenvalue weighted by Gasteiger charge is 2.28. The van der Waals surface area contributed by atoms with Crippen LogP contribution in [0.4, 0.5) is 0 Å². The largest absolute Gasteiger partial charge is 0.493 e. The molecular weight excluding hydrogens is 384 g/mol. The fraction of sp³-hybridized carbons (Fsp3) is 0.562. The minimum Gasteiger partial charge on any atom is -0.493 e. The summed E-state index contributed by atoms with van der Waals surface area (Å²) in [6, 6.07) is 3.63. The first-order valence-electron chi connectivity index (χ1n) is 7.62. The lowest BCUT2D eigenvalue weighted by Gasteiger charge is -2.20. The van der Waals surface area contributed by atoms with E-state index in [0.717, 1.165) is 19.3 Å². The van der Waals surface area contributed by atoms with Gasteiger partial charge in [0.05, 0.1) is 18.2 Å². The zero-order valence-corrected chi connectivity index (χ0v) is 15.8. The van der Waals surface area contributed by atoms with Crippen LogP contribution >= 0.6 is 28.3 Å². The summed E-state index contributed by atoms with van der Waals surface area (Å²) in [6.07, 6.45) is 3.18. The molecule has 1 aromatic carbocycles. The van der Waals surface area contributed by atoms with Crippen LogP contribution < -0.4 is 20.5 Å². The lowest BCUT2D eigenvalue weighted by Crippen LogP contribution is -2.39. The second-order valence-corrected chi connectivity index (χ2v) is 6.28. The number of carbonyl (C=O) groups is 1. The average Bonchev–Trinajstić information content (AvgIpc) is 2.96. The molecule has 1 fully saturated rings. The van der Waals surface area contributed by atoms with E-state index < -0.39 is 0 Å². The Morgan fingerprint density at radius 3 is 2.78 bits per heavy atom. The summed E-state index contributed by atoms with van der Waals surface area (Å²) in [7, 11) is 1.56. The maximum absolute atomic E-state index is 12.5. The standard InChI is InChI=1S/C16H23BrN2O3.ClH/c1-3-22-15-12(17)7-11(8-14(15)21-2)16(20)19-13-6-4-5-10(13)9-18;/h7-8,10,13H,3-6,9,18H2,1-2H3,(H,19,20);1H. The summed E-state index contributed by atoms with van der Waals surface area (Å²) >= 11 is 3.44. The van der Waals surface area contributed by atoms with Crippen LogP contribution in [0.5, 0.6) is 11.5 Å². The van der Waals surface area contributed by atoms with Crippen LogP contribution in [-0.4, -0.2) is 32.2 Å². The first kappa shape index (κ1) is 20.1. The van der Waals surface area contributed by atoms with Gasteiger partial charge in [0.2, 0.25) is 0 Å². The molecule has 2 atom stereocenters. The van der Waals surface area contributed by atoms with Gasteiger partial charge < -0.3 is 20.5 Å². The molecule has 0 radical (unpaired) electrons. The van der Waals surface area contributed by atoms with E-state index in [2.05, 4.69) is 21.2 Å². The molecule has 2 unspecified atom stereocenters. The van der Waals surface area contributed by atoms with E-state index in [1.54, 1.807) is 19.2 Å². The molecule has 0 bridgehead atoms. The Labute approximate surface area is 151 Å². The molecule has 1 saturated carbocycles. The molecule has 0 spiro atoms. The van der Waals surface area contributed by atoms with E-state index in [1.165, 1.54) is 0 Å². The molecule has 23 heavy (non-hydrogen) atoms. The van der Waals surface area contributed by atoms with Gasteiger partial charge in [-0.2, -0.15) is 0 Å². The highest BCUT2D eigenvalue weighted by atomic mass is 79.9. The smallest absolute Gasteiger partial charge is 0.251 e. The first-order chi connectivity index (χ1) is 10.6. The number of ether oxygens (including phenoxy) is 2. The van der Waals surface area contributed by atoms with Crippen molar-refractivity contribution in [1.29, 1.82) is 0 Å². The maximum Gasteiger partial charge on any atom is 0.251 e. The number of halogens is 2. The Morgan fingerprint density at radius 1 is 1.43 bits per heavy atom. The second kappa shape index (κ2) is 9.35. The maximum atomic E-state index is 12.5. The quantitative estimate of drug-likeness (QED) is 0.760. The SMILES string of the molecule is CCOc1c(Br)cc(C(=O)NC2CCCC2CN)cc1OC.Cl. The van der Waals surface area contributed by atoms with Gasteiger partial charge in [0.25, 0.3) is 5.91 Å². The van der Waals surface area contributed by atoms with Crippen LogP contribution in [0.15, 0.2) is 16.6 Å². The van der Waals surface area contributed by atoms with Crippen LogP contribution in [0.25, 0.3) is 0 Å². The molecule has 2 rings (SSSR count). The van der Waals surface area contributed by atoms with E-state index in [-0.39, 0.29) is 24.4 Å². The number of hydrogen-bond donors (Lipinski definition) is 2. The van der Waals surface area contributed by atoms with Gasteiger partial charge in [-0.05, 0) is 60.3 Å². The van der Waals surface area contributed by atoms with Gasteiger partial charge in [-0.1, -0.05) is 6.42 Å². The van der Waals surface area contributed by atoms with Crippen LogP contribution in [-0.2, 0) is 0 Å². The van der Waals surface area contributed by atoms with E-state index in [4.69, 9.17) is 15.2 Å². The number of amides is 1. The van der Waals surface area contributed by atoms with E-state index in [0.29, 0.717) is 40.6 Å². The summed E-state index contributed by atoms with van der Waals surface area (Å²) in [6.45, 7) is 3.04. The molecule has 0 heterocycles. The van der Waals surface area contributed by atoms with E-state index in [1.807, 2.05) is 6.92 Å². The summed E-state index contributed by atoms with van der Waals surface area (Å²) in [4.78, 5) is 12.5. The highest BCUT2D eigenvalue weighted by molar-refractivity contribution is 9.10. The predicted octanol–water partition coefficient (Wildman–Crippen LogP) is 3.14. The van der Waals surface area contributed by atoms with Gasteiger partial charge in [0, 0.05) is 11.6 Å². The predicted molar refractivity (Wildman–Crippen MR) is 96.8 cm³/mol. The van der Waals surface area contributed by atoms with Crippen molar-refractivity contribution in [2.45, 2.75) is 32.2 Å². The fourth-order valence-electron chi connectivity index (χ4n) is 2.90. The van der Waals surface area contributed by atoms with Crippen LogP contribution in [0.3, 0.4) is 0 Å². The van der Waals surface area contributed by atoms with Crippen molar-refractivity contribution in [2.75, 3.05) is 20.3 Å². The number of rotatable bonds is 6. The van der Waals surface area contributed by atoms with Crippen molar-refractivity contribution >= 4 is 34.2 Å². The molecule has 0 aliphatic heterocycles. The monoisotopic (exact) mass is 406 g/mol. The van der Waals surface area contributed by atoms with Crippen molar-refractivity contribution in [3.63, 3.8) is 0 Å². The van der Waals surface area contributed by atoms with Crippen molar-refractivity contribution in [3.05, 3.63) is 22.2 Å². The molecule has 1 aliphatic rings. The Bertz CT molecular complexity index is 542. The summed E-state index contributed by atoms with van der Waals surface area (Å²) in [5, 5.41) is 3.09. The van der Waals surface area contributed by atoms with Crippen LogP contribution in [0.2, 0.25) is 0 Å². The van der Waals surface area contributed by atoms with Gasteiger partial charge in [0.15, 0.2) is 11.5 Å². The van der Waals surface area contributed by atoms with Gasteiger partial charge in [-0.25, -0.2) is 0 Å². The second-order valence-electron chi connectivity index (χ2n) is 5.43. The van der Waals surface area contributed by atoms with Gasteiger partial charge in [-0.3, -0.25) is 4.79 Å². The van der Waals surface area contributed by atoms with Crippen molar-refractivity contribution in [2.24, 2.45) is 11.7 Å². The molecule has 1 amide bonds. The Kier molecular flexibility index (Phi) is 8.16. The number of nitrogens with two attached hydrogens (primary N) is 1. The number of nitrogens with one attached hydrogen (secondary N) is 1. The fourth-order valence-corrected chi connectivity index (χ4v) is 3.45. The molecule has 1 aliphatic carbocycles.